The lowest BCUT2D eigenvalue weighted by atomic mass is 10.1. The Balaban J connectivity index is 0.963. The van der Waals surface area contributed by atoms with Gasteiger partial charge in [0.15, 0.2) is 0 Å². The smallest absolute Gasteiger partial charge is 0.347 e. The Morgan fingerprint density at radius 2 is 0.697 bits per heavy atom. The van der Waals surface area contributed by atoms with E-state index in [-0.39, 0.29) is 46.0 Å². The zero-order chi connectivity index (χ0) is 47.0. The van der Waals surface area contributed by atoms with Gasteiger partial charge in [-0.1, -0.05) is 24.3 Å². The van der Waals surface area contributed by atoms with Crippen LogP contribution in [0, 0.1) is 0 Å². The molecular weight excluding hydrogens is 849 g/mol. The van der Waals surface area contributed by atoms with Crippen LogP contribution in [0.1, 0.15) is 68.1 Å². The molecule has 6 aromatic carbocycles. The summed E-state index contributed by atoms with van der Waals surface area (Å²) < 4.78 is 55.0. The van der Waals surface area contributed by atoms with Crippen molar-refractivity contribution < 1.29 is 66.5 Å². The first-order valence-corrected chi connectivity index (χ1v) is 20.9. The van der Waals surface area contributed by atoms with Crippen LogP contribution in [0.3, 0.4) is 0 Å². The van der Waals surface area contributed by atoms with Gasteiger partial charge in [-0.3, -0.25) is 0 Å². The molecule has 0 radical (unpaired) electrons. The van der Waals surface area contributed by atoms with Crippen LogP contribution in [0.5, 0.6) is 46.0 Å². The first-order chi connectivity index (χ1) is 32.0. The van der Waals surface area contributed by atoms with E-state index in [1.54, 1.807) is 99.1 Å². The Labute approximate surface area is 382 Å². The van der Waals surface area contributed by atoms with Crippen LogP contribution in [0.25, 0.3) is 11.1 Å². The third-order valence-electron chi connectivity index (χ3n) is 10.2. The SMILES string of the molecule is COc1cc(OCCC(C)OC)ccc1C(=O)Oc1ccc(C(=O)Oc2ccc(-c3ccc(OC(=O)c4ccc(OC(=O)c5ccc(OCCC(C)OC)cc5OC)cc4)cc3)cc2)cc1. The molecule has 0 aromatic heterocycles. The monoisotopic (exact) mass is 898 g/mol. The van der Waals surface area contributed by atoms with Gasteiger partial charge >= 0.3 is 23.9 Å². The number of carbonyl (C=O) groups is 4. The first kappa shape index (κ1) is 47.8. The molecule has 0 heterocycles. The highest BCUT2D eigenvalue weighted by atomic mass is 16.6. The number of hydrogen-bond acceptors (Lipinski definition) is 14. The van der Waals surface area contributed by atoms with Crippen molar-refractivity contribution in [2.24, 2.45) is 0 Å². The highest BCUT2D eigenvalue weighted by Gasteiger charge is 2.19. The van der Waals surface area contributed by atoms with Crippen molar-refractivity contribution in [2.45, 2.75) is 38.9 Å². The molecule has 342 valence electrons. The number of methoxy groups -OCH3 is 4. The first-order valence-electron chi connectivity index (χ1n) is 20.9. The van der Waals surface area contributed by atoms with E-state index in [2.05, 4.69) is 0 Å². The van der Waals surface area contributed by atoms with E-state index in [9.17, 15) is 19.2 Å². The van der Waals surface area contributed by atoms with Crippen molar-refractivity contribution in [3.63, 3.8) is 0 Å². The van der Waals surface area contributed by atoms with Crippen LogP contribution in [-0.2, 0) is 9.47 Å². The number of carbonyl (C=O) groups excluding carboxylic acids is 4. The lowest BCUT2D eigenvalue weighted by Crippen LogP contribution is -2.12. The van der Waals surface area contributed by atoms with Gasteiger partial charge in [-0.2, -0.15) is 0 Å². The van der Waals surface area contributed by atoms with Crippen molar-refractivity contribution in [1.82, 2.24) is 0 Å². The molecule has 6 rings (SSSR count). The molecule has 0 aliphatic heterocycles. The Bertz CT molecular complexity index is 2390. The summed E-state index contributed by atoms with van der Waals surface area (Å²) in [7, 11) is 6.18. The quantitative estimate of drug-likeness (QED) is 0.0496. The summed E-state index contributed by atoms with van der Waals surface area (Å²) in [5.74, 6) is 0.283. The zero-order valence-electron chi connectivity index (χ0n) is 37.4. The second-order valence-corrected chi connectivity index (χ2v) is 14.7. The number of ether oxygens (including phenoxy) is 10. The standard InChI is InChI=1S/C52H50O14/c1-33(57-3)27-29-61-43-23-25-45(47(31-43)59-5)51(55)65-41-19-11-37(12-20-41)49(53)63-39-15-7-35(8-16-39)36-9-17-40(18-10-36)64-50(54)38-13-21-42(22-14-38)66-52(56)46-26-24-44(32-48(46)60-6)62-30-28-34(2)58-4/h7-26,31-34H,27-30H2,1-6H3. The molecule has 0 aliphatic carbocycles. The molecule has 2 unspecified atom stereocenters. The molecule has 0 amide bonds. The van der Waals surface area contributed by atoms with E-state index in [1.807, 2.05) is 13.8 Å². The summed E-state index contributed by atoms with van der Waals surface area (Å²) in [5, 5.41) is 0. The van der Waals surface area contributed by atoms with E-state index in [4.69, 9.17) is 47.4 Å². The zero-order valence-corrected chi connectivity index (χ0v) is 37.4. The van der Waals surface area contributed by atoms with Crippen molar-refractivity contribution >= 4 is 23.9 Å². The molecule has 66 heavy (non-hydrogen) atoms. The number of rotatable bonds is 21. The van der Waals surface area contributed by atoms with Crippen molar-refractivity contribution in [3.05, 3.63) is 156 Å². The van der Waals surface area contributed by atoms with Gasteiger partial charge in [-0.05, 0) is 122 Å². The molecule has 2 atom stereocenters. The second kappa shape index (κ2) is 23.3. The Morgan fingerprint density at radius 1 is 0.394 bits per heavy atom. The van der Waals surface area contributed by atoms with Gasteiger partial charge < -0.3 is 47.4 Å². The highest BCUT2D eigenvalue weighted by molar-refractivity contribution is 5.96. The van der Waals surface area contributed by atoms with Crippen molar-refractivity contribution in [1.29, 1.82) is 0 Å². The third kappa shape index (κ3) is 13.2. The molecule has 6 aromatic rings. The third-order valence-corrected chi connectivity index (χ3v) is 10.2. The summed E-state index contributed by atoms with van der Waals surface area (Å²) in [6.45, 7) is 4.77. The van der Waals surface area contributed by atoms with Crippen LogP contribution in [-0.4, -0.2) is 77.7 Å². The summed E-state index contributed by atoms with van der Waals surface area (Å²) in [5.41, 5.74) is 2.57. The summed E-state index contributed by atoms with van der Waals surface area (Å²) >= 11 is 0. The summed E-state index contributed by atoms with van der Waals surface area (Å²) in [6.07, 6.45) is 1.50. The van der Waals surface area contributed by atoms with Gasteiger partial charge in [0.2, 0.25) is 0 Å². The van der Waals surface area contributed by atoms with Crippen LogP contribution in [0.2, 0.25) is 0 Å². The maximum absolute atomic E-state index is 13.0. The molecule has 0 saturated heterocycles. The molecule has 0 N–H and O–H groups in total. The second-order valence-electron chi connectivity index (χ2n) is 14.7. The van der Waals surface area contributed by atoms with Gasteiger partial charge in [-0.15, -0.1) is 0 Å². The fourth-order valence-corrected chi connectivity index (χ4v) is 6.19. The Morgan fingerprint density at radius 3 is 1.02 bits per heavy atom. The minimum Gasteiger partial charge on any atom is -0.496 e. The largest absolute Gasteiger partial charge is 0.496 e. The lowest BCUT2D eigenvalue weighted by molar-refractivity contribution is 0.0717. The van der Waals surface area contributed by atoms with Crippen LogP contribution in [0.15, 0.2) is 133 Å². The molecule has 14 nitrogen and oxygen atoms in total. The van der Waals surface area contributed by atoms with Crippen LogP contribution in [0.4, 0.5) is 0 Å². The van der Waals surface area contributed by atoms with Crippen molar-refractivity contribution in [3.8, 4) is 57.1 Å². The van der Waals surface area contributed by atoms with Gasteiger partial charge in [0, 0.05) is 39.2 Å². The molecule has 0 spiro atoms. The fraction of sp³-hybridized carbons (Fsp3) is 0.231. The summed E-state index contributed by atoms with van der Waals surface area (Å²) in [4.78, 5) is 51.9. The van der Waals surface area contributed by atoms with Crippen LogP contribution >= 0.6 is 0 Å². The fourth-order valence-electron chi connectivity index (χ4n) is 6.19. The molecule has 0 saturated carbocycles. The number of esters is 4. The molecular formula is C52H50O14. The molecule has 0 bridgehead atoms. The van der Waals surface area contributed by atoms with E-state index in [0.717, 1.165) is 11.1 Å². The van der Waals surface area contributed by atoms with Crippen LogP contribution < -0.4 is 37.9 Å². The average Bonchev–Trinajstić information content (AvgIpc) is 3.34. The predicted molar refractivity (Wildman–Crippen MR) is 244 cm³/mol. The van der Waals surface area contributed by atoms with E-state index < -0.39 is 23.9 Å². The van der Waals surface area contributed by atoms with Gasteiger partial charge in [0.05, 0.1) is 50.8 Å². The maximum atomic E-state index is 13.0. The van der Waals surface area contributed by atoms with Crippen molar-refractivity contribution in [2.75, 3.05) is 41.7 Å². The van der Waals surface area contributed by atoms with Gasteiger partial charge in [0.1, 0.15) is 57.1 Å². The maximum Gasteiger partial charge on any atom is 0.347 e. The summed E-state index contributed by atoms with van der Waals surface area (Å²) in [6, 6.07) is 35.5. The van der Waals surface area contributed by atoms with E-state index in [0.29, 0.717) is 60.6 Å². The Kier molecular flexibility index (Phi) is 16.9. The highest BCUT2D eigenvalue weighted by Crippen LogP contribution is 2.30. The predicted octanol–water partition coefficient (Wildman–Crippen LogP) is 9.86. The van der Waals surface area contributed by atoms with Gasteiger partial charge in [0.25, 0.3) is 0 Å². The molecule has 0 aliphatic rings. The topological polar surface area (TPSA) is 161 Å². The minimum absolute atomic E-state index is 0.0524. The Hall–Kier alpha value is -7.68. The molecule has 14 heteroatoms. The average molecular weight is 899 g/mol. The van der Waals surface area contributed by atoms with Gasteiger partial charge in [-0.25, -0.2) is 19.2 Å². The van der Waals surface area contributed by atoms with E-state index >= 15 is 0 Å². The van der Waals surface area contributed by atoms with E-state index in [1.165, 1.54) is 62.8 Å². The number of hydrogen-bond donors (Lipinski definition) is 0. The lowest BCUT2D eigenvalue weighted by Gasteiger charge is -2.13. The normalized spacial score (nSPS) is 11.7. The minimum atomic E-state index is -0.640. The number of benzene rings is 6. The molecule has 0 fully saturated rings.